The molecule has 0 aromatic carbocycles. The van der Waals surface area contributed by atoms with E-state index in [2.05, 4.69) is 5.32 Å². The molecule has 0 heterocycles. The number of hydrogen-bond donors (Lipinski definition) is 3. The number of rotatable bonds is 15. The van der Waals surface area contributed by atoms with Crippen LogP contribution in [0.4, 0.5) is 0 Å². The third-order valence-corrected chi connectivity index (χ3v) is 7.40. The summed E-state index contributed by atoms with van der Waals surface area (Å²) in [7, 11) is -3.96. The zero-order valence-electron chi connectivity index (χ0n) is 19.9. The molecular weight excluding hydrogens is 454 g/mol. The average molecular weight is 494 g/mol. The van der Waals surface area contributed by atoms with E-state index in [0.29, 0.717) is 6.42 Å². The normalized spacial score (nSPS) is 17.2. The van der Waals surface area contributed by atoms with Crippen LogP contribution in [0.15, 0.2) is 0 Å². The molecule has 1 saturated carbocycles. The van der Waals surface area contributed by atoms with E-state index in [1.54, 1.807) is 0 Å². The number of carboxylic acid groups (broad SMARTS) is 1. The van der Waals surface area contributed by atoms with Crippen molar-refractivity contribution in [3.05, 3.63) is 0 Å². The molecule has 0 aromatic heterocycles. The van der Waals surface area contributed by atoms with Gasteiger partial charge in [-0.3, -0.25) is 13.8 Å². The van der Waals surface area contributed by atoms with Gasteiger partial charge in [-0.25, -0.2) is 4.79 Å². The summed E-state index contributed by atoms with van der Waals surface area (Å²) in [6.07, 6.45) is 5.49. The Hall–Kier alpha value is -1.72. The Morgan fingerprint density at radius 1 is 1.06 bits per heavy atom. The maximum atomic E-state index is 12.1. The highest BCUT2D eigenvalue weighted by Crippen LogP contribution is 2.36. The highest BCUT2D eigenvalue weighted by molar-refractivity contribution is 7.86. The number of carbonyl (C=O) groups excluding carboxylic acids is 2. The van der Waals surface area contributed by atoms with E-state index in [1.807, 2.05) is 0 Å². The lowest BCUT2D eigenvalue weighted by Gasteiger charge is -2.39. The Morgan fingerprint density at radius 3 is 2.27 bits per heavy atom. The number of aliphatic carboxylic acids is 1. The van der Waals surface area contributed by atoms with Gasteiger partial charge < -0.3 is 20.3 Å². The lowest BCUT2D eigenvalue weighted by atomic mass is 9.72. The van der Waals surface area contributed by atoms with Crippen molar-refractivity contribution in [1.82, 2.24) is 5.32 Å². The SMILES string of the molecule is CC(=O)NCCCS(=O)(=O)OCC(C)(C)[C@](O)(CCCCOC(=O)C1CCCCC1)C(=O)O. The van der Waals surface area contributed by atoms with Crippen LogP contribution < -0.4 is 5.32 Å². The number of unbranched alkanes of at least 4 members (excludes halogenated alkanes) is 1. The standard InChI is InChI=1S/C22H39NO9S/c1-17(24)23-13-9-15-33(29,30)32-16-21(2,3)22(28,20(26)27)12-7-8-14-31-19(25)18-10-5-4-6-11-18/h18,28H,4-16H2,1-3H3,(H,23,24)(H,26,27)/t22-/m0/s1. The van der Waals surface area contributed by atoms with Crippen LogP contribution in [0.3, 0.4) is 0 Å². The second kappa shape index (κ2) is 13.2. The van der Waals surface area contributed by atoms with Crippen molar-refractivity contribution < 1.29 is 41.9 Å². The smallest absolute Gasteiger partial charge is 0.336 e. The first-order chi connectivity index (χ1) is 15.3. The maximum absolute atomic E-state index is 12.1. The minimum atomic E-state index is -3.96. The summed E-state index contributed by atoms with van der Waals surface area (Å²) in [6.45, 7) is 3.97. The van der Waals surface area contributed by atoms with Gasteiger partial charge in [0.05, 0.1) is 24.9 Å². The highest BCUT2D eigenvalue weighted by atomic mass is 32.2. The first-order valence-corrected chi connectivity index (χ1v) is 13.1. The van der Waals surface area contributed by atoms with Crippen LogP contribution in [-0.2, 0) is 33.4 Å². The third kappa shape index (κ3) is 9.97. The number of carbonyl (C=O) groups is 3. The van der Waals surface area contributed by atoms with Crippen LogP contribution in [0.25, 0.3) is 0 Å². The van der Waals surface area contributed by atoms with Crippen molar-refractivity contribution in [3.63, 3.8) is 0 Å². The van der Waals surface area contributed by atoms with E-state index in [1.165, 1.54) is 20.8 Å². The summed E-state index contributed by atoms with van der Waals surface area (Å²) in [4.78, 5) is 34.8. The molecule has 0 saturated heterocycles. The van der Waals surface area contributed by atoms with Gasteiger partial charge in [-0.05, 0) is 38.5 Å². The molecule has 0 aromatic rings. The zero-order valence-corrected chi connectivity index (χ0v) is 20.7. The number of amides is 1. The first-order valence-electron chi connectivity index (χ1n) is 11.5. The zero-order chi connectivity index (χ0) is 25.1. The molecule has 3 N–H and O–H groups in total. The van der Waals surface area contributed by atoms with Crippen LogP contribution in [0.1, 0.15) is 78.6 Å². The Bertz CT molecular complexity index is 760. The molecule has 0 aliphatic heterocycles. The molecular formula is C22H39NO9S. The van der Waals surface area contributed by atoms with Crippen molar-refractivity contribution in [2.75, 3.05) is 25.5 Å². The molecule has 0 spiro atoms. The van der Waals surface area contributed by atoms with Gasteiger partial charge in [-0.2, -0.15) is 8.42 Å². The number of hydrogen-bond acceptors (Lipinski definition) is 8. The number of aliphatic hydroxyl groups is 1. The average Bonchev–Trinajstić information content (AvgIpc) is 2.75. The lowest BCUT2D eigenvalue weighted by Crippen LogP contribution is -2.53. The number of nitrogens with one attached hydrogen (secondary N) is 1. The second-order valence-electron chi connectivity index (χ2n) is 9.37. The summed E-state index contributed by atoms with van der Waals surface area (Å²) >= 11 is 0. The molecule has 1 fully saturated rings. The van der Waals surface area contributed by atoms with Gasteiger partial charge in [0.25, 0.3) is 10.1 Å². The predicted molar refractivity (Wildman–Crippen MR) is 121 cm³/mol. The van der Waals surface area contributed by atoms with Gasteiger partial charge in [-0.15, -0.1) is 0 Å². The fraction of sp³-hybridized carbons (Fsp3) is 0.864. The molecule has 11 heteroatoms. The third-order valence-electron chi connectivity index (χ3n) is 6.13. The summed E-state index contributed by atoms with van der Waals surface area (Å²) < 4.78 is 34.5. The summed E-state index contributed by atoms with van der Waals surface area (Å²) in [5, 5.41) is 23.0. The fourth-order valence-corrected chi connectivity index (χ4v) is 4.87. The Morgan fingerprint density at radius 2 is 1.70 bits per heavy atom. The van der Waals surface area contributed by atoms with Crippen molar-refractivity contribution in [2.24, 2.45) is 11.3 Å². The fourth-order valence-electron chi connectivity index (χ4n) is 3.78. The van der Waals surface area contributed by atoms with E-state index in [9.17, 15) is 33.0 Å². The van der Waals surface area contributed by atoms with Crippen molar-refractivity contribution >= 4 is 28.0 Å². The van der Waals surface area contributed by atoms with Crippen molar-refractivity contribution in [1.29, 1.82) is 0 Å². The molecule has 192 valence electrons. The van der Waals surface area contributed by atoms with Crippen LogP contribution in [0.2, 0.25) is 0 Å². The van der Waals surface area contributed by atoms with Crippen molar-refractivity contribution in [2.45, 2.75) is 84.2 Å². The van der Waals surface area contributed by atoms with Gasteiger partial charge in [-0.1, -0.05) is 33.1 Å². The molecule has 1 aliphatic rings. The molecule has 1 amide bonds. The number of carboxylic acids is 1. The van der Waals surface area contributed by atoms with Crippen LogP contribution in [-0.4, -0.2) is 67.6 Å². The lowest BCUT2D eigenvalue weighted by molar-refractivity contribution is -0.177. The van der Waals surface area contributed by atoms with Gasteiger partial charge in [0.2, 0.25) is 5.91 Å². The largest absolute Gasteiger partial charge is 0.479 e. The van der Waals surface area contributed by atoms with Crippen LogP contribution in [0, 0.1) is 11.3 Å². The summed E-state index contributed by atoms with van der Waals surface area (Å²) in [5.41, 5.74) is -3.64. The minimum absolute atomic E-state index is 0.0639. The molecule has 1 atom stereocenters. The highest BCUT2D eigenvalue weighted by Gasteiger charge is 2.50. The van der Waals surface area contributed by atoms with E-state index < -0.39 is 33.7 Å². The van der Waals surface area contributed by atoms with Gasteiger partial charge in [0, 0.05) is 18.9 Å². The molecule has 1 rings (SSSR count). The molecule has 0 radical (unpaired) electrons. The molecule has 10 nitrogen and oxygen atoms in total. The molecule has 1 aliphatic carbocycles. The Kier molecular flexibility index (Phi) is 11.8. The molecule has 33 heavy (non-hydrogen) atoms. The van der Waals surface area contributed by atoms with Crippen LogP contribution in [0.5, 0.6) is 0 Å². The summed E-state index contributed by atoms with van der Waals surface area (Å²) in [5.74, 6) is -2.38. The van der Waals surface area contributed by atoms with Crippen LogP contribution >= 0.6 is 0 Å². The number of ether oxygens (including phenoxy) is 1. The minimum Gasteiger partial charge on any atom is -0.479 e. The monoisotopic (exact) mass is 493 g/mol. The van der Waals surface area contributed by atoms with Gasteiger partial charge in [0.1, 0.15) is 0 Å². The predicted octanol–water partition coefficient (Wildman–Crippen LogP) is 1.99. The van der Waals surface area contributed by atoms with Gasteiger partial charge >= 0.3 is 11.9 Å². The van der Waals surface area contributed by atoms with Crippen molar-refractivity contribution in [3.8, 4) is 0 Å². The quantitative estimate of drug-likeness (QED) is 0.176. The van der Waals surface area contributed by atoms with E-state index in [-0.39, 0.29) is 56.0 Å². The molecule has 0 unspecified atom stereocenters. The summed E-state index contributed by atoms with van der Waals surface area (Å²) in [6, 6.07) is 0. The first kappa shape index (κ1) is 29.3. The topological polar surface area (TPSA) is 156 Å². The second-order valence-corrected chi connectivity index (χ2v) is 11.1. The van der Waals surface area contributed by atoms with Gasteiger partial charge in [0.15, 0.2) is 5.60 Å². The van der Waals surface area contributed by atoms with E-state index in [4.69, 9.17) is 8.92 Å². The number of esters is 1. The van der Waals surface area contributed by atoms with E-state index >= 15 is 0 Å². The Labute approximate surface area is 196 Å². The van der Waals surface area contributed by atoms with E-state index in [0.717, 1.165) is 32.1 Å². The maximum Gasteiger partial charge on any atom is 0.336 e. The Balaban J connectivity index is 2.51. The molecule has 0 bridgehead atoms.